The molecule has 1 rings (SSSR count). The van der Waals surface area contributed by atoms with E-state index < -0.39 is 43.2 Å². The predicted octanol–water partition coefficient (Wildman–Crippen LogP) is -2.78. The molecule has 0 aliphatic carbocycles. The third-order valence-electron chi connectivity index (χ3n) is 2.57. The van der Waals surface area contributed by atoms with Crippen LogP contribution in [0.25, 0.3) is 0 Å². The van der Waals surface area contributed by atoms with Gasteiger partial charge in [0.2, 0.25) is 5.91 Å². The maximum absolute atomic E-state index is 11.3. The van der Waals surface area contributed by atoms with Crippen molar-refractivity contribution in [3.63, 3.8) is 0 Å². The fourth-order valence-electron chi connectivity index (χ4n) is 1.61. The monoisotopic (exact) mass is 267 g/mol. The molecule has 0 saturated carbocycles. The highest BCUT2D eigenvalue weighted by Gasteiger charge is 2.44. The lowest BCUT2D eigenvalue weighted by Crippen LogP contribution is -2.64. The highest BCUT2D eigenvalue weighted by Crippen LogP contribution is 2.19. The molecule has 3 unspecified atom stereocenters. The molecule has 1 aliphatic heterocycles. The van der Waals surface area contributed by atoms with Crippen molar-refractivity contribution in [1.82, 2.24) is 5.32 Å². The molecule has 7 nitrogen and oxygen atoms in total. The highest BCUT2D eigenvalue weighted by molar-refractivity contribution is 7.80. The van der Waals surface area contributed by atoms with Gasteiger partial charge in [-0.3, -0.25) is 4.79 Å². The molecular formula is C9H17NO6S. The third-order valence-corrected chi connectivity index (χ3v) is 2.79. The molecule has 0 spiro atoms. The van der Waals surface area contributed by atoms with Crippen molar-refractivity contribution < 1.29 is 30.0 Å². The molecule has 1 fully saturated rings. The van der Waals surface area contributed by atoms with E-state index in [4.69, 9.17) is 9.84 Å². The van der Waals surface area contributed by atoms with Crippen LogP contribution in [-0.4, -0.2) is 69.3 Å². The molecule has 0 bridgehead atoms. The van der Waals surface area contributed by atoms with E-state index in [2.05, 4.69) is 17.9 Å². The van der Waals surface area contributed by atoms with Gasteiger partial charge in [-0.15, -0.1) is 0 Å². The number of amides is 1. The zero-order valence-electron chi connectivity index (χ0n) is 9.06. The Kier molecular flexibility index (Phi) is 5.63. The van der Waals surface area contributed by atoms with Crippen molar-refractivity contribution >= 4 is 18.5 Å². The van der Waals surface area contributed by atoms with E-state index in [1.807, 2.05) is 0 Å². The summed E-state index contributed by atoms with van der Waals surface area (Å²) in [6.45, 7) is -0.535. The summed E-state index contributed by atoms with van der Waals surface area (Å²) >= 11 is 3.87. The average molecular weight is 267 g/mol. The van der Waals surface area contributed by atoms with Crippen molar-refractivity contribution in [2.24, 2.45) is 0 Å². The van der Waals surface area contributed by atoms with Gasteiger partial charge in [-0.25, -0.2) is 0 Å². The van der Waals surface area contributed by atoms with Crippen LogP contribution in [0, 0.1) is 0 Å². The first-order valence-corrected chi connectivity index (χ1v) is 5.85. The van der Waals surface area contributed by atoms with Crippen LogP contribution in [-0.2, 0) is 9.53 Å². The van der Waals surface area contributed by atoms with E-state index in [0.29, 0.717) is 5.75 Å². The van der Waals surface area contributed by atoms with Gasteiger partial charge in [-0.05, 0) is 5.75 Å². The number of ether oxygens (including phenoxy) is 1. The summed E-state index contributed by atoms with van der Waals surface area (Å²) in [5.41, 5.74) is 0. The van der Waals surface area contributed by atoms with Gasteiger partial charge in [0.1, 0.15) is 24.4 Å². The van der Waals surface area contributed by atoms with E-state index >= 15 is 0 Å². The zero-order valence-corrected chi connectivity index (χ0v) is 9.96. The quantitative estimate of drug-likeness (QED) is 0.307. The first kappa shape index (κ1) is 14.7. The van der Waals surface area contributed by atoms with Crippen molar-refractivity contribution in [3.05, 3.63) is 0 Å². The molecule has 1 amide bonds. The van der Waals surface area contributed by atoms with Crippen LogP contribution >= 0.6 is 12.6 Å². The number of carbonyl (C=O) groups excluding carboxylic acids is 1. The molecule has 0 radical (unpaired) electrons. The van der Waals surface area contributed by atoms with E-state index in [-0.39, 0.29) is 6.42 Å². The van der Waals surface area contributed by atoms with Gasteiger partial charge in [0.25, 0.3) is 0 Å². The van der Waals surface area contributed by atoms with Gasteiger partial charge >= 0.3 is 0 Å². The van der Waals surface area contributed by atoms with Crippen molar-refractivity contribution in [2.75, 3.05) is 12.4 Å². The first-order chi connectivity index (χ1) is 8.01. The Morgan fingerprint density at radius 3 is 2.47 bits per heavy atom. The lowest BCUT2D eigenvalue weighted by molar-refractivity contribution is -0.253. The molecule has 100 valence electrons. The molecule has 5 atom stereocenters. The summed E-state index contributed by atoms with van der Waals surface area (Å²) in [6.07, 6.45) is -5.20. The third kappa shape index (κ3) is 3.54. The minimum Gasteiger partial charge on any atom is -0.394 e. The summed E-state index contributed by atoms with van der Waals surface area (Å²) in [4.78, 5) is 11.3. The van der Waals surface area contributed by atoms with Crippen molar-refractivity contribution in [1.29, 1.82) is 0 Å². The highest BCUT2D eigenvalue weighted by atomic mass is 32.1. The second-order valence-corrected chi connectivity index (χ2v) is 4.24. The number of carbonyl (C=O) groups is 1. The van der Waals surface area contributed by atoms with Gasteiger partial charge in [-0.2, -0.15) is 12.6 Å². The van der Waals surface area contributed by atoms with Crippen LogP contribution in [0.2, 0.25) is 0 Å². The minimum absolute atomic E-state index is 0.124. The largest absolute Gasteiger partial charge is 0.394 e. The zero-order chi connectivity index (χ0) is 13.0. The van der Waals surface area contributed by atoms with Crippen LogP contribution in [0.5, 0.6) is 0 Å². The second-order valence-electron chi connectivity index (χ2n) is 3.80. The van der Waals surface area contributed by atoms with E-state index in [1.165, 1.54) is 0 Å². The van der Waals surface area contributed by atoms with Crippen molar-refractivity contribution in [3.8, 4) is 0 Å². The normalized spacial score (nSPS) is 37.8. The topological polar surface area (TPSA) is 119 Å². The second kappa shape index (κ2) is 6.53. The predicted molar refractivity (Wildman–Crippen MR) is 60.4 cm³/mol. The van der Waals surface area contributed by atoms with Crippen LogP contribution in [0.1, 0.15) is 6.42 Å². The summed E-state index contributed by atoms with van der Waals surface area (Å²) in [6, 6.07) is -1.12. The SMILES string of the molecule is O=C(CCS)N[C@@H]1C(O)OC(CO)[C@H](O)C1O. The number of rotatable bonds is 4. The Balaban J connectivity index is 2.63. The first-order valence-electron chi connectivity index (χ1n) is 5.22. The van der Waals surface area contributed by atoms with Gasteiger partial charge < -0.3 is 30.5 Å². The number of thiol groups is 1. The van der Waals surface area contributed by atoms with Crippen molar-refractivity contribution in [2.45, 2.75) is 37.1 Å². The van der Waals surface area contributed by atoms with Gasteiger partial charge in [0.05, 0.1) is 6.61 Å². The minimum atomic E-state index is -1.48. The molecular weight excluding hydrogens is 250 g/mol. The fourth-order valence-corrected chi connectivity index (χ4v) is 1.82. The number of aliphatic hydroxyl groups is 4. The molecule has 1 aliphatic rings. The Labute approximate surface area is 104 Å². The van der Waals surface area contributed by atoms with Crippen LogP contribution in [0.15, 0.2) is 0 Å². The Morgan fingerprint density at radius 1 is 1.29 bits per heavy atom. The smallest absolute Gasteiger partial charge is 0.221 e. The summed E-state index contributed by atoms with van der Waals surface area (Å²) in [5.74, 6) is -0.0886. The number of aliphatic hydroxyl groups excluding tert-OH is 4. The number of hydrogen-bond acceptors (Lipinski definition) is 7. The summed E-state index contributed by atoms with van der Waals surface area (Å²) in [7, 11) is 0. The summed E-state index contributed by atoms with van der Waals surface area (Å²) < 4.78 is 4.87. The Hall–Kier alpha value is -0.380. The molecule has 0 aromatic carbocycles. The van der Waals surface area contributed by atoms with Gasteiger partial charge in [0, 0.05) is 6.42 Å². The molecule has 0 aromatic heterocycles. The lowest BCUT2D eigenvalue weighted by atomic mass is 9.97. The van der Waals surface area contributed by atoms with Gasteiger partial charge in [-0.1, -0.05) is 0 Å². The van der Waals surface area contributed by atoms with E-state index in [9.17, 15) is 20.1 Å². The molecule has 1 saturated heterocycles. The lowest BCUT2D eigenvalue weighted by Gasteiger charge is -2.40. The molecule has 8 heteroatoms. The molecule has 17 heavy (non-hydrogen) atoms. The number of hydrogen-bond donors (Lipinski definition) is 6. The molecule has 0 aromatic rings. The average Bonchev–Trinajstić information content (AvgIpc) is 2.29. The maximum Gasteiger partial charge on any atom is 0.221 e. The Morgan fingerprint density at radius 2 is 1.94 bits per heavy atom. The Bertz CT molecular complexity index is 266. The van der Waals surface area contributed by atoms with Gasteiger partial charge in [0.15, 0.2) is 6.29 Å². The molecule has 1 heterocycles. The van der Waals surface area contributed by atoms with Crippen LogP contribution in [0.3, 0.4) is 0 Å². The standard InChI is InChI=1S/C9H17NO6S/c11-3-4-7(13)8(14)6(9(15)16-4)10-5(12)1-2-17/h4,6-9,11,13-15,17H,1-3H2,(H,10,12)/t4?,6-,7-,8?,9?/m0/s1. The van der Waals surface area contributed by atoms with E-state index in [0.717, 1.165) is 0 Å². The fraction of sp³-hybridized carbons (Fsp3) is 0.889. The van der Waals surface area contributed by atoms with Crippen LogP contribution in [0.4, 0.5) is 0 Å². The number of nitrogens with one attached hydrogen (secondary N) is 1. The summed E-state index contributed by atoms with van der Waals surface area (Å²) in [5, 5.41) is 40.0. The van der Waals surface area contributed by atoms with E-state index in [1.54, 1.807) is 0 Å². The van der Waals surface area contributed by atoms with Crippen LogP contribution < -0.4 is 5.32 Å². The maximum atomic E-state index is 11.3. The molecule has 5 N–H and O–H groups in total.